The number of amides is 3. The van der Waals surface area contributed by atoms with E-state index in [1.165, 1.54) is 17.0 Å². The second-order valence-electron chi connectivity index (χ2n) is 8.78. The van der Waals surface area contributed by atoms with Gasteiger partial charge in [0, 0.05) is 37.8 Å². The van der Waals surface area contributed by atoms with E-state index in [1.54, 1.807) is 12.1 Å². The Hall–Kier alpha value is -3.22. The number of carbonyl (C=O) groups is 3. The average molecular weight is 435 g/mol. The molecule has 2 fully saturated rings. The molecule has 0 radical (unpaired) electrons. The highest BCUT2D eigenvalue weighted by Gasteiger charge is 2.40. The summed E-state index contributed by atoms with van der Waals surface area (Å²) in [6, 6.07) is 13.2. The molecule has 3 aliphatic rings. The Morgan fingerprint density at radius 1 is 0.906 bits per heavy atom. The van der Waals surface area contributed by atoms with Crippen LogP contribution in [0, 0.1) is 5.82 Å². The third-order valence-electron chi connectivity index (χ3n) is 6.97. The van der Waals surface area contributed by atoms with Crippen LogP contribution in [0.2, 0.25) is 0 Å². The smallest absolute Gasteiger partial charge is 0.257 e. The van der Waals surface area contributed by atoms with Crippen LogP contribution in [0.5, 0.6) is 0 Å². The van der Waals surface area contributed by atoms with E-state index >= 15 is 0 Å². The zero-order chi connectivity index (χ0) is 22.2. The second kappa shape index (κ2) is 8.37. The molecule has 0 N–H and O–H groups in total. The Kier molecular flexibility index (Phi) is 5.41. The van der Waals surface area contributed by atoms with Gasteiger partial charge >= 0.3 is 0 Å². The molecule has 0 aromatic heterocycles. The molecule has 3 amide bonds. The maximum absolute atomic E-state index is 14.1. The summed E-state index contributed by atoms with van der Waals surface area (Å²) in [7, 11) is 0. The first-order chi connectivity index (χ1) is 15.5. The third kappa shape index (κ3) is 3.55. The van der Waals surface area contributed by atoms with Crippen LogP contribution in [0.1, 0.15) is 52.0 Å². The fourth-order valence-corrected chi connectivity index (χ4v) is 5.24. The summed E-state index contributed by atoms with van der Waals surface area (Å²) >= 11 is 0. The molecule has 1 unspecified atom stereocenters. The number of hydrogen-bond donors (Lipinski definition) is 0. The van der Waals surface area contributed by atoms with Gasteiger partial charge in [-0.25, -0.2) is 4.39 Å². The van der Waals surface area contributed by atoms with Crippen molar-refractivity contribution in [2.45, 2.75) is 44.3 Å². The predicted molar refractivity (Wildman–Crippen MR) is 116 cm³/mol. The van der Waals surface area contributed by atoms with Crippen LogP contribution in [-0.2, 0) is 11.3 Å². The van der Waals surface area contributed by atoms with Crippen molar-refractivity contribution in [3.63, 3.8) is 0 Å². The minimum Gasteiger partial charge on any atom is -0.341 e. The molecule has 0 bridgehead atoms. The van der Waals surface area contributed by atoms with Gasteiger partial charge in [-0.2, -0.15) is 0 Å². The van der Waals surface area contributed by atoms with Crippen molar-refractivity contribution >= 4 is 17.7 Å². The number of rotatable bonds is 3. The molecule has 5 rings (SSSR count). The van der Waals surface area contributed by atoms with Crippen LogP contribution < -0.4 is 0 Å². The van der Waals surface area contributed by atoms with Crippen LogP contribution >= 0.6 is 0 Å². The van der Waals surface area contributed by atoms with Crippen LogP contribution in [0.3, 0.4) is 0 Å². The van der Waals surface area contributed by atoms with E-state index in [0.29, 0.717) is 32.6 Å². The number of carbonyl (C=O) groups excluding carboxylic acids is 3. The van der Waals surface area contributed by atoms with E-state index < -0.39 is 17.8 Å². The fraction of sp³-hybridized carbons (Fsp3) is 0.400. The van der Waals surface area contributed by atoms with Crippen molar-refractivity contribution in [2.24, 2.45) is 0 Å². The highest BCUT2D eigenvalue weighted by atomic mass is 19.1. The monoisotopic (exact) mass is 435 g/mol. The molecule has 2 saturated heterocycles. The Morgan fingerprint density at radius 2 is 1.62 bits per heavy atom. The fourth-order valence-electron chi connectivity index (χ4n) is 5.24. The minimum absolute atomic E-state index is 0.0121. The normalized spacial score (nSPS) is 21.2. The number of nitrogens with zero attached hydrogens (tertiary/aromatic N) is 3. The van der Waals surface area contributed by atoms with Crippen molar-refractivity contribution in [1.82, 2.24) is 14.7 Å². The average Bonchev–Trinajstić information content (AvgIpc) is 3.44. The first-order valence-electron chi connectivity index (χ1n) is 11.3. The van der Waals surface area contributed by atoms with Gasteiger partial charge in [0.15, 0.2) is 0 Å². The lowest BCUT2D eigenvalue weighted by molar-refractivity contribution is -0.136. The topological polar surface area (TPSA) is 60.9 Å². The van der Waals surface area contributed by atoms with Gasteiger partial charge in [-0.15, -0.1) is 0 Å². The van der Waals surface area contributed by atoms with E-state index in [4.69, 9.17) is 0 Å². The first-order valence-corrected chi connectivity index (χ1v) is 11.3. The van der Waals surface area contributed by atoms with Crippen molar-refractivity contribution in [1.29, 1.82) is 0 Å². The van der Waals surface area contributed by atoms with E-state index in [2.05, 4.69) is 0 Å². The minimum atomic E-state index is -0.562. The molecule has 1 atom stereocenters. The van der Waals surface area contributed by atoms with Gasteiger partial charge in [0.1, 0.15) is 11.9 Å². The molecule has 0 aliphatic carbocycles. The van der Waals surface area contributed by atoms with E-state index in [0.717, 1.165) is 30.4 Å². The van der Waals surface area contributed by atoms with Gasteiger partial charge in [-0.05, 0) is 49.4 Å². The van der Waals surface area contributed by atoms with Crippen LogP contribution in [-0.4, -0.2) is 64.1 Å². The van der Waals surface area contributed by atoms with Crippen LogP contribution in [0.15, 0.2) is 48.5 Å². The van der Waals surface area contributed by atoms with Crippen molar-refractivity contribution in [3.8, 4) is 0 Å². The predicted octanol–water partition coefficient (Wildman–Crippen LogP) is 3.08. The van der Waals surface area contributed by atoms with Crippen molar-refractivity contribution in [3.05, 3.63) is 71.0 Å². The lowest BCUT2D eigenvalue weighted by Gasteiger charge is -2.38. The Bertz CT molecular complexity index is 1060. The van der Waals surface area contributed by atoms with E-state index in [-0.39, 0.29) is 23.4 Å². The van der Waals surface area contributed by atoms with Gasteiger partial charge in [0.2, 0.25) is 5.91 Å². The molecule has 0 spiro atoms. The summed E-state index contributed by atoms with van der Waals surface area (Å²) in [5, 5.41) is 0. The van der Waals surface area contributed by atoms with E-state index in [1.807, 2.05) is 34.1 Å². The number of halogens is 1. The number of benzene rings is 2. The van der Waals surface area contributed by atoms with Gasteiger partial charge in [0.25, 0.3) is 11.8 Å². The molecule has 2 aromatic rings. The maximum Gasteiger partial charge on any atom is 0.257 e. The summed E-state index contributed by atoms with van der Waals surface area (Å²) in [4.78, 5) is 44.2. The number of piperidine rings is 1. The highest BCUT2D eigenvalue weighted by molar-refractivity contribution is 5.99. The SMILES string of the molecule is O=C(C1CCCN1C(=O)c1ccccc1F)N1CCC(N2Cc3ccccc3C2=O)CC1. The standard InChI is InChI=1S/C25H26FN3O3/c26-21-9-4-3-8-20(21)24(31)28-13-5-10-22(28)25(32)27-14-11-18(12-15-27)29-16-17-6-1-2-7-19(17)23(29)30/h1-4,6-9,18,22H,5,10-16H2. The molecule has 3 heterocycles. The zero-order valence-electron chi connectivity index (χ0n) is 17.9. The van der Waals surface area contributed by atoms with E-state index in [9.17, 15) is 18.8 Å². The van der Waals surface area contributed by atoms with Crippen molar-refractivity contribution < 1.29 is 18.8 Å². The summed E-state index contributed by atoms with van der Waals surface area (Å²) in [5.74, 6) is -0.980. The summed E-state index contributed by atoms with van der Waals surface area (Å²) in [6.45, 7) is 2.20. The molecule has 166 valence electrons. The van der Waals surface area contributed by atoms with Gasteiger partial charge in [-0.1, -0.05) is 30.3 Å². The number of likely N-dealkylation sites (tertiary alicyclic amines) is 2. The number of fused-ring (bicyclic) bond motifs is 1. The summed E-state index contributed by atoms with van der Waals surface area (Å²) in [5.41, 5.74) is 1.85. The molecule has 7 heteroatoms. The summed E-state index contributed by atoms with van der Waals surface area (Å²) in [6.07, 6.45) is 2.77. The Morgan fingerprint density at radius 3 is 2.38 bits per heavy atom. The lowest BCUT2D eigenvalue weighted by Crippen LogP contribution is -2.52. The Balaban J connectivity index is 1.22. The molecular weight excluding hydrogens is 409 g/mol. The molecule has 2 aromatic carbocycles. The second-order valence-corrected chi connectivity index (χ2v) is 8.78. The largest absolute Gasteiger partial charge is 0.341 e. The lowest BCUT2D eigenvalue weighted by atomic mass is 10.0. The zero-order valence-corrected chi connectivity index (χ0v) is 17.9. The van der Waals surface area contributed by atoms with Gasteiger partial charge < -0.3 is 14.7 Å². The van der Waals surface area contributed by atoms with Crippen LogP contribution in [0.25, 0.3) is 0 Å². The van der Waals surface area contributed by atoms with Crippen LogP contribution in [0.4, 0.5) is 4.39 Å². The summed E-state index contributed by atoms with van der Waals surface area (Å²) < 4.78 is 14.1. The quantitative estimate of drug-likeness (QED) is 0.745. The van der Waals surface area contributed by atoms with Gasteiger partial charge in [0.05, 0.1) is 5.56 Å². The highest BCUT2D eigenvalue weighted by Crippen LogP contribution is 2.30. The number of hydrogen-bond acceptors (Lipinski definition) is 3. The first kappa shape index (κ1) is 20.7. The molecule has 3 aliphatic heterocycles. The van der Waals surface area contributed by atoms with Crippen molar-refractivity contribution in [2.75, 3.05) is 19.6 Å². The maximum atomic E-state index is 14.1. The molecule has 32 heavy (non-hydrogen) atoms. The molecular formula is C25H26FN3O3. The molecule has 6 nitrogen and oxygen atoms in total. The third-order valence-corrected chi connectivity index (χ3v) is 6.97. The Labute approximate surface area is 186 Å². The molecule has 0 saturated carbocycles. The van der Waals surface area contributed by atoms with Gasteiger partial charge in [-0.3, -0.25) is 14.4 Å².